The van der Waals surface area contributed by atoms with Gasteiger partial charge in [-0.2, -0.15) is 0 Å². The zero-order chi connectivity index (χ0) is 21.0. The van der Waals surface area contributed by atoms with Crippen LogP contribution in [0.5, 0.6) is 5.75 Å². The molecule has 0 saturated carbocycles. The lowest BCUT2D eigenvalue weighted by molar-refractivity contribution is -0.123. The summed E-state index contributed by atoms with van der Waals surface area (Å²) in [5, 5.41) is 8.40. The molecular weight excluding hydrogens is 394 g/mol. The number of hydrazine groups is 1. The van der Waals surface area contributed by atoms with Crippen LogP contribution in [0.25, 0.3) is 5.69 Å². The molecule has 9 heteroatoms. The first kappa shape index (κ1) is 20.3. The molecule has 0 radical (unpaired) electrons. The first-order valence-corrected chi connectivity index (χ1v) is 9.20. The van der Waals surface area contributed by atoms with E-state index in [4.69, 9.17) is 16.3 Å². The Morgan fingerprint density at radius 3 is 2.59 bits per heavy atom. The van der Waals surface area contributed by atoms with Crippen molar-refractivity contribution < 1.29 is 14.3 Å². The lowest BCUT2D eigenvalue weighted by Crippen LogP contribution is -2.44. The summed E-state index contributed by atoms with van der Waals surface area (Å²) in [6, 6.07) is 12.5. The van der Waals surface area contributed by atoms with Gasteiger partial charge in [0.1, 0.15) is 5.75 Å². The number of hydrogen-bond acceptors (Lipinski definition) is 5. The summed E-state index contributed by atoms with van der Waals surface area (Å²) < 4.78 is 6.92. The van der Waals surface area contributed by atoms with Crippen molar-refractivity contribution in [2.24, 2.45) is 0 Å². The van der Waals surface area contributed by atoms with E-state index >= 15 is 0 Å². The van der Waals surface area contributed by atoms with Gasteiger partial charge in [0.05, 0.1) is 11.4 Å². The van der Waals surface area contributed by atoms with Crippen LogP contribution in [0.4, 0.5) is 0 Å². The Kier molecular flexibility index (Phi) is 6.13. The molecule has 150 valence electrons. The second-order valence-corrected chi connectivity index (χ2v) is 6.89. The minimum Gasteiger partial charge on any atom is -0.484 e. The van der Waals surface area contributed by atoms with E-state index in [-0.39, 0.29) is 12.3 Å². The number of carbonyl (C=O) groups is 2. The van der Waals surface area contributed by atoms with E-state index in [1.807, 2.05) is 26.0 Å². The van der Waals surface area contributed by atoms with Gasteiger partial charge in [0.25, 0.3) is 11.8 Å². The maximum absolute atomic E-state index is 12.3. The number of nitrogens with one attached hydrogen (secondary N) is 2. The summed E-state index contributed by atoms with van der Waals surface area (Å²) >= 11 is 5.99. The lowest BCUT2D eigenvalue weighted by Gasteiger charge is -2.09. The van der Waals surface area contributed by atoms with Gasteiger partial charge in [-0.15, -0.1) is 5.10 Å². The average Bonchev–Trinajstić information content (AvgIpc) is 3.08. The topological polar surface area (TPSA) is 98.1 Å². The number of aromatic nitrogens is 3. The maximum atomic E-state index is 12.3. The summed E-state index contributed by atoms with van der Waals surface area (Å²) in [5.74, 6) is -0.512. The number of amides is 2. The van der Waals surface area contributed by atoms with Gasteiger partial charge in [0.2, 0.25) is 0 Å². The molecule has 0 aliphatic carbocycles. The molecule has 1 aromatic heterocycles. The normalized spacial score (nSPS) is 10.5. The highest BCUT2D eigenvalue weighted by Crippen LogP contribution is 2.17. The first-order chi connectivity index (χ1) is 13.8. The van der Waals surface area contributed by atoms with E-state index in [0.717, 1.165) is 11.1 Å². The van der Waals surface area contributed by atoms with Gasteiger partial charge < -0.3 is 4.74 Å². The van der Waals surface area contributed by atoms with Crippen molar-refractivity contribution in [1.82, 2.24) is 25.8 Å². The molecule has 29 heavy (non-hydrogen) atoms. The van der Waals surface area contributed by atoms with Crippen molar-refractivity contribution in [1.29, 1.82) is 0 Å². The number of hydrogen-bond donors (Lipinski definition) is 2. The summed E-state index contributed by atoms with van der Waals surface area (Å²) in [6.45, 7) is 5.41. The molecule has 0 fully saturated rings. The Morgan fingerprint density at radius 2 is 1.86 bits per heavy atom. The number of rotatable bonds is 5. The molecule has 0 saturated heterocycles. The molecule has 0 aliphatic heterocycles. The first-order valence-electron chi connectivity index (χ1n) is 8.82. The fraction of sp³-hybridized carbons (Fsp3) is 0.200. The van der Waals surface area contributed by atoms with Gasteiger partial charge >= 0.3 is 0 Å². The minimum absolute atomic E-state index is 0.0837. The number of aryl methyl sites for hydroxylation is 2. The standard InChI is InChI=1S/C20H20ClN5O3/c1-12-7-8-17(9-13(12)2)29-11-18(27)22-24-20(28)19-14(3)26(25-23-19)16-6-4-5-15(21)10-16/h4-10H,11H2,1-3H3,(H,22,27)(H,24,28). The number of ether oxygens (including phenoxy) is 1. The second kappa shape index (κ2) is 8.74. The number of halogens is 1. The van der Waals surface area contributed by atoms with Gasteiger partial charge in [-0.1, -0.05) is 28.9 Å². The van der Waals surface area contributed by atoms with Crippen LogP contribution in [-0.4, -0.2) is 33.4 Å². The average molecular weight is 414 g/mol. The fourth-order valence-corrected chi connectivity index (χ4v) is 2.75. The molecule has 1 heterocycles. The van der Waals surface area contributed by atoms with Gasteiger partial charge in [-0.05, 0) is 62.2 Å². The van der Waals surface area contributed by atoms with E-state index in [2.05, 4.69) is 21.2 Å². The van der Waals surface area contributed by atoms with E-state index in [1.165, 1.54) is 4.68 Å². The van der Waals surface area contributed by atoms with Crippen molar-refractivity contribution in [2.45, 2.75) is 20.8 Å². The van der Waals surface area contributed by atoms with Crippen LogP contribution in [0.1, 0.15) is 27.3 Å². The minimum atomic E-state index is -0.588. The third-order valence-corrected chi connectivity index (χ3v) is 4.56. The lowest BCUT2D eigenvalue weighted by atomic mass is 10.1. The molecule has 0 aliphatic rings. The largest absolute Gasteiger partial charge is 0.484 e. The molecule has 2 amide bonds. The molecule has 3 rings (SSSR count). The number of benzene rings is 2. The Labute approximate surface area is 172 Å². The van der Waals surface area contributed by atoms with Crippen molar-refractivity contribution in [3.8, 4) is 11.4 Å². The predicted molar refractivity (Wildman–Crippen MR) is 108 cm³/mol. The molecule has 0 bridgehead atoms. The predicted octanol–water partition coefficient (Wildman–Crippen LogP) is 2.69. The van der Waals surface area contributed by atoms with Crippen LogP contribution in [0.3, 0.4) is 0 Å². The molecule has 0 atom stereocenters. The molecule has 2 aromatic carbocycles. The van der Waals surface area contributed by atoms with E-state index in [9.17, 15) is 9.59 Å². The third-order valence-electron chi connectivity index (χ3n) is 4.33. The van der Waals surface area contributed by atoms with Crippen LogP contribution in [0.15, 0.2) is 42.5 Å². The Balaban J connectivity index is 1.56. The fourth-order valence-electron chi connectivity index (χ4n) is 2.57. The molecule has 0 spiro atoms. The molecule has 0 unspecified atom stereocenters. The highest BCUT2D eigenvalue weighted by molar-refractivity contribution is 6.30. The summed E-state index contributed by atoms with van der Waals surface area (Å²) in [7, 11) is 0. The molecular formula is C20H20ClN5O3. The van der Waals surface area contributed by atoms with Crippen LogP contribution in [0.2, 0.25) is 5.02 Å². The Morgan fingerprint density at radius 1 is 1.07 bits per heavy atom. The van der Waals surface area contributed by atoms with E-state index < -0.39 is 11.8 Å². The SMILES string of the molecule is Cc1ccc(OCC(=O)NNC(=O)c2nnn(-c3cccc(Cl)c3)c2C)cc1C. The monoisotopic (exact) mass is 413 g/mol. The van der Waals surface area contributed by atoms with Crippen LogP contribution >= 0.6 is 11.6 Å². The van der Waals surface area contributed by atoms with Crippen molar-refractivity contribution >= 4 is 23.4 Å². The van der Waals surface area contributed by atoms with Crippen LogP contribution in [0, 0.1) is 20.8 Å². The van der Waals surface area contributed by atoms with Gasteiger partial charge in [-0.25, -0.2) is 4.68 Å². The maximum Gasteiger partial charge on any atom is 0.292 e. The Hall–Kier alpha value is -3.39. The summed E-state index contributed by atoms with van der Waals surface area (Å²) in [5.41, 5.74) is 8.07. The zero-order valence-corrected chi connectivity index (χ0v) is 16.9. The smallest absolute Gasteiger partial charge is 0.292 e. The Bertz CT molecular complexity index is 1060. The van der Waals surface area contributed by atoms with Crippen molar-refractivity contribution in [2.75, 3.05) is 6.61 Å². The highest BCUT2D eigenvalue weighted by Gasteiger charge is 2.18. The highest BCUT2D eigenvalue weighted by atomic mass is 35.5. The van der Waals surface area contributed by atoms with E-state index in [1.54, 1.807) is 37.3 Å². The molecule has 2 N–H and O–H groups in total. The van der Waals surface area contributed by atoms with Gasteiger partial charge in [0.15, 0.2) is 12.3 Å². The number of nitrogens with zero attached hydrogens (tertiary/aromatic N) is 3. The van der Waals surface area contributed by atoms with Gasteiger partial charge in [-0.3, -0.25) is 20.4 Å². The van der Waals surface area contributed by atoms with Crippen molar-refractivity contribution in [3.63, 3.8) is 0 Å². The quantitative estimate of drug-likeness (QED) is 0.626. The summed E-state index contributed by atoms with van der Waals surface area (Å²) in [6.07, 6.45) is 0. The summed E-state index contributed by atoms with van der Waals surface area (Å²) in [4.78, 5) is 24.3. The van der Waals surface area contributed by atoms with Gasteiger partial charge in [0, 0.05) is 5.02 Å². The van der Waals surface area contributed by atoms with Crippen LogP contribution in [-0.2, 0) is 4.79 Å². The zero-order valence-electron chi connectivity index (χ0n) is 16.2. The number of carbonyl (C=O) groups excluding carboxylic acids is 2. The second-order valence-electron chi connectivity index (χ2n) is 6.45. The third kappa shape index (κ3) is 4.91. The van der Waals surface area contributed by atoms with Crippen LogP contribution < -0.4 is 15.6 Å². The molecule has 3 aromatic rings. The molecule has 8 nitrogen and oxygen atoms in total. The van der Waals surface area contributed by atoms with E-state index in [0.29, 0.717) is 22.2 Å². The van der Waals surface area contributed by atoms with Crippen molar-refractivity contribution in [3.05, 3.63) is 70.0 Å².